The molecule has 0 aromatic heterocycles. The van der Waals surface area contributed by atoms with Crippen LogP contribution in [-0.2, 0) is 4.79 Å². The molecular weight excluding hydrogens is 208 g/mol. The van der Waals surface area contributed by atoms with Gasteiger partial charge in [0.15, 0.2) is 0 Å². The lowest BCUT2D eigenvalue weighted by Crippen LogP contribution is -2.39. The average Bonchev–Trinajstić information content (AvgIpc) is 2.26. The highest BCUT2D eigenvalue weighted by atomic mass is 16.3. The van der Waals surface area contributed by atoms with E-state index < -0.39 is 6.10 Å². The monoisotopic (exact) mass is 230 g/mol. The van der Waals surface area contributed by atoms with E-state index in [-0.39, 0.29) is 12.5 Å². The lowest BCUT2D eigenvalue weighted by atomic mass is 10.3. The SMILES string of the molecule is CCN(C)C[C@H](O)CNC(=O)CCNC=N. The van der Waals surface area contributed by atoms with Crippen molar-refractivity contribution in [1.29, 1.82) is 5.41 Å². The van der Waals surface area contributed by atoms with E-state index in [1.807, 2.05) is 18.9 Å². The minimum Gasteiger partial charge on any atom is -0.390 e. The molecule has 0 aliphatic carbocycles. The molecule has 0 radical (unpaired) electrons. The number of hydrogen-bond acceptors (Lipinski definition) is 4. The van der Waals surface area contributed by atoms with Crippen LogP contribution in [0, 0.1) is 5.41 Å². The van der Waals surface area contributed by atoms with Crippen molar-refractivity contribution in [2.24, 2.45) is 0 Å². The summed E-state index contributed by atoms with van der Waals surface area (Å²) in [4.78, 5) is 13.2. The van der Waals surface area contributed by atoms with Gasteiger partial charge in [0.1, 0.15) is 0 Å². The maximum atomic E-state index is 11.2. The molecule has 6 nitrogen and oxygen atoms in total. The molecule has 0 spiro atoms. The first kappa shape index (κ1) is 14.9. The number of hydrogen-bond donors (Lipinski definition) is 4. The highest BCUT2D eigenvalue weighted by Crippen LogP contribution is 1.88. The van der Waals surface area contributed by atoms with Crippen LogP contribution in [-0.4, -0.2) is 61.6 Å². The number of carbonyl (C=O) groups is 1. The van der Waals surface area contributed by atoms with Crippen molar-refractivity contribution in [3.05, 3.63) is 0 Å². The van der Waals surface area contributed by atoms with E-state index in [2.05, 4.69) is 10.6 Å². The van der Waals surface area contributed by atoms with Crippen molar-refractivity contribution in [2.45, 2.75) is 19.4 Å². The van der Waals surface area contributed by atoms with Gasteiger partial charge in [0.2, 0.25) is 5.91 Å². The van der Waals surface area contributed by atoms with Gasteiger partial charge in [-0.2, -0.15) is 0 Å². The van der Waals surface area contributed by atoms with E-state index in [1.54, 1.807) is 0 Å². The Kier molecular flexibility index (Phi) is 8.46. The van der Waals surface area contributed by atoms with Gasteiger partial charge >= 0.3 is 0 Å². The van der Waals surface area contributed by atoms with E-state index in [1.165, 1.54) is 0 Å². The third-order valence-corrected chi connectivity index (χ3v) is 2.20. The standard InChI is InChI=1S/C10H22N4O2/c1-3-14(2)7-9(15)6-13-10(16)4-5-12-8-11/h8-9,15H,3-7H2,1-2H3,(H2,11,12)(H,13,16)/t9-/m1/s1. The molecule has 0 aromatic carbocycles. The second-order valence-electron chi connectivity index (χ2n) is 3.66. The number of rotatable bonds is 9. The van der Waals surface area contributed by atoms with Gasteiger partial charge < -0.3 is 20.6 Å². The smallest absolute Gasteiger partial charge is 0.221 e. The number of amides is 1. The lowest BCUT2D eigenvalue weighted by Gasteiger charge is -2.18. The third-order valence-electron chi connectivity index (χ3n) is 2.20. The summed E-state index contributed by atoms with van der Waals surface area (Å²) in [7, 11) is 1.92. The maximum Gasteiger partial charge on any atom is 0.221 e. The lowest BCUT2D eigenvalue weighted by molar-refractivity contribution is -0.121. The second-order valence-corrected chi connectivity index (χ2v) is 3.66. The first-order valence-electron chi connectivity index (χ1n) is 5.45. The van der Waals surface area contributed by atoms with Gasteiger partial charge in [-0.15, -0.1) is 0 Å². The largest absolute Gasteiger partial charge is 0.390 e. The number of aliphatic hydroxyl groups excluding tert-OH is 1. The zero-order chi connectivity index (χ0) is 12.4. The molecule has 0 aliphatic heterocycles. The minimum absolute atomic E-state index is 0.118. The Morgan fingerprint density at radius 2 is 2.31 bits per heavy atom. The Hall–Kier alpha value is -1.14. The van der Waals surface area contributed by atoms with Crippen LogP contribution in [0.3, 0.4) is 0 Å². The van der Waals surface area contributed by atoms with Crippen molar-refractivity contribution in [3.8, 4) is 0 Å². The fraction of sp³-hybridized carbons (Fsp3) is 0.800. The summed E-state index contributed by atoms with van der Waals surface area (Å²) in [5.41, 5.74) is 0. The number of nitrogens with one attached hydrogen (secondary N) is 3. The summed E-state index contributed by atoms with van der Waals surface area (Å²) in [5, 5.41) is 21.5. The predicted molar refractivity (Wildman–Crippen MR) is 63.6 cm³/mol. The van der Waals surface area contributed by atoms with Gasteiger partial charge in [0.05, 0.1) is 12.4 Å². The quantitative estimate of drug-likeness (QED) is 0.232. The normalized spacial score (nSPS) is 12.2. The zero-order valence-corrected chi connectivity index (χ0v) is 9.99. The maximum absolute atomic E-state index is 11.2. The van der Waals surface area contributed by atoms with Crippen LogP contribution < -0.4 is 10.6 Å². The number of likely N-dealkylation sites (N-methyl/N-ethyl adjacent to an activating group) is 1. The molecule has 4 N–H and O–H groups in total. The first-order chi connectivity index (χ1) is 7.60. The topological polar surface area (TPSA) is 88.4 Å². The Morgan fingerprint density at radius 1 is 1.62 bits per heavy atom. The summed E-state index contributed by atoms with van der Waals surface area (Å²) in [5.74, 6) is -0.118. The molecular formula is C10H22N4O2. The van der Waals surface area contributed by atoms with Gasteiger partial charge in [-0.3, -0.25) is 10.2 Å². The third kappa shape index (κ3) is 8.19. The van der Waals surface area contributed by atoms with Crippen molar-refractivity contribution < 1.29 is 9.90 Å². The Morgan fingerprint density at radius 3 is 2.88 bits per heavy atom. The van der Waals surface area contributed by atoms with Crippen LogP contribution in [0.15, 0.2) is 0 Å². The van der Waals surface area contributed by atoms with E-state index in [9.17, 15) is 9.90 Å². The molecule has 1 amide bonds. The number of aliphatic hydroxyl groups is 1. The van der Waals surface area contributed by atoms with E-state index >= 15 is 0 Å². The molecule has 0 bridgehead atoms. The molecule has 0 aromatic rings. The number of nitrogens with zero attached hydrogens (tertiary/aromatic N) is 1. The minimum atomic E-state index is -0.537. The van der Waals surface area contributed by atoms with Crippen LogP contribution in [0.5, 0.6) is 0 Å². The van der Waals surface area contributed by atoms with Crippen molar-refractivity contribution >= 4 is 12.2 Å². The molecule has 16 heavy (non-hydrogen) atoms. The summed E-state index contributed by atoms with van der Waals surface area (Å²) in [6.45, 7) is 4.15. The van der Waals surface area contributed by atoms with Crippen molar-refractivity contribution in [2.75, 3.05) is 33.2 Å². The average molecular weight is 230 g/mol. The van der Waals surface area contributed by atoms with Crippen LogP contribution in [0.25, 0.3) is 0 Å². The summed E-state index contributed by atoms with van der Waals surface area (Å²) >= 11 is 0. The van der Waals surface area contributed by atoms with Crippen molar-refractivity contribution in [3.63, 3.8) is 0 Å². The predicted octanol–water partition coefficient (Wildman–Crippen LogP) is -0.998. The number of carbonyl (C=O) groups excluding carboxylic acids is 1. The molecule has 0 saturated heterocycles. The Balaban J connectivity index is 3.54. The first-order valence-corrected chi connectivity index (χ1v) is 5.45. The van der Waals surface area contributed by atoms with E-state index in [4.69, 9.17) is 5.41 Å². The fourth-order valence-electron chi connectivity index (χ4n) is 1.13. The van der Waals surface area contributed by atoms with Crippen LogP contribution in [0.2, 0.25) is 0 Å². The van der Waals surface area contributed by atoms with Gasteiger partial charge in [0.25, 0.3) is 0 Å². The van der Waals surface area contributed by atoms with Gasteiger partial charge in [0, 0.05) is 26.1 Å². The Bertz CT molecular complexity index is 211. The molecule has 1 atom stereocenters. The molecule has 0 saturated carbocycles. The fourth-order valence-corrected chi connectivity index (χ4v) is 1.13. The van der Waals surface area contributed by atoms with Gasteiger partial charge in [-0.25, -0.2) is 0 Å². The zero-order valence-electron chi connectivity index (χ0n) is 9.99. The summed E-state index contributed by atoms with van der Waals surface area (Å²) < 4.78 is 0. The second kappa shape index (κ2) is 9.11. The van der Waals surface area contributed by atoms with Crippen LogP contribution in [0.4, 0.5) is 0 Å². The van der Waals surface area contributed by atoms with Gasteiger partial charge in [-0.05, 0) is 13.6 Å². The van der Waals surface area contributed by atoms with Crippen molar-refractivity contribution in [1.82, 2.24) is 15.5 Å². The van der Waals surface area contributed by atoms with E-state index in [0.717, 1.165) is 12.9 Å². The molecule has 0 unspecified atom stereocenters. The highest BCUT2D eigenvalue weighted by molar-refractivity contribution is 5.76. The molecule has 0 fully saturated rings. The summed E-state index contributed by atoms with van der Waals surface area (Å²) in [6.07, 6.45) is 0.828. The highest BCUT2D eigenvalue weighted by Gasteiger charge is 2.08. The van der Waals surface area contributed by atoms with Crippen LogP contribution >= 0.6 is 0 Å². The Labute approximate surface area is 96.5 Å². The van der Waals surface area contributed by atoms with Gasteiger partial charge in [-0.1, -0.05) is 6.92 Å². The van der Waals surface area contributed by atoms with Crippen LogP contribution in [0.1, 0.15) is 13.3 Å². The van der Waals surface area contributed by atoms with E-state index in [0.29, 0.717) is 19.5 Å². The molecule has 94 valence electrons. The summed E-state index contributed by atoms with van der Waals surface area (Å²) in [6, 6.07) is 0. The molecule has 0 aliphatic rings. The molecule has 0 rings (SSSR count). The molecule has 6 heteroatoms. The molecule has 0 heterocycles.